The van der Waals surface area contributed by atoms with E-state index >= 15 is 0 Å². The molecular formula is C14H11ClO3S. The van der Waals surface area contributed by atoms with E-state index in [1.165, 1.54) is 18.2 Å². The largest absolute Gasteiger partial charge is 0.289 e. The maximum atomic E-state index is 12.3. The molecule has 0 aliphatic rings. The van der Waals surface area contributed by atoms with E-state index in [4.69, 9.17) is 11.6 Å². The number of carbonyl (C=O) groups excluding carboxylic acids is 1. The first-order chi connectivity index (χ1) is 8.89. The Balaban J connectivity index is 2.61. The molecule has 0 atom stereocenters. The Morgan fingerprint density at radius 3 is 2.26 bits per heavy atom. The zero-order valence-corrected chi connectivity index (χ0v) is 11.7. The molecule has 0 aliphatic heterocycles. The smallest absolute Gasteiger partial charge is 0.194 e. The summed E-state index contributed by atoms with van der Waals surface area (Å²) in [4.78, 5) is 12.3. The summed E-state index contributed by atoms with van der Waals surface area (Å²) in [6.07, 6.45) is 1.06. The molecule has 2 aromatic rings. The number of hydrogen-bond donors (Lipinski definition) is 0. The molecule has 0 aromatic heterocycles. The van der Waals surface area contributed by atoms with Gasteiger partial charge in [0.25, 0.3) is 0 Å². The Bertz CT molecular complexity index is 722. The van der Waals surface area contributed by atoms with Crippen LogP contribution in [0.3, 0.4) is 0 Å². The van der Waals surface area contributed by atoms with Gasteiger partial charge in [0.15, 0.2) is 15.6 Å². The van der Waals surface area contributed by atoms with Crippen molar-refractivity contribution in [1.82, 2.24) is 0 Å². The minimum absolute atomic E-state index is 0.0474. The lowest BCUT2D eigenvalue weighted by atomic mass is 10.0. The molecule has 0 unspecified atom stereocenters. The van der Waals surface area contributed by atoms with Crippen LogP contribution in [-0.2, 0) is 9.84 Å². The molecule has 2 rings (SSSR count). The van der Waals surface area contributed by atoms with Crippen LogP contribution in [0.4, 0.5) is 0 Å². The van der Waals surface area contributed by atoms with Crippen molar-refractivity contribution < 1.29 is 13.2 Å². The minimum Gasteiger partial charge on any atom is -0.289 e. The molecule has 0 fully saturated rings. The number of benzene rings is 2. The summed E-state index contributed by atoms with van der Waals surface area (Å²) >= 11 is 5.80. The van der Waals surface area contributed by atoms with Crippen molar-refractivity contribution in [2.45, 2.75) is 4.90 Å². The third kappa shape index (κ3) is 3.03. The molecule has 98 valence electrons. The van der Waals surface area contributed by atoms with Gasteiger partial charge in [-0.2, -0.15) is 0 Å². The van der Waals surface area contributed by atoms with Crippen molar-refractivity contribution in [2.24, 2.45) is 0 Å². The SMILES string of the molecule is CS(=O)(=O)c1cc(Cl)ccc1C(=O)c1ccccc1. The molecule has 0 bridgehead atoms. The van der Waals surface area contributed by atoms with Gasteiger partial charge in [0, 0.05) is 22.4 Å². The molecule has 0 saturated carbocycles. The Labute approximate surface area is 116 Å². The lowest BCUT2D eigenvalue weighted by Crippen LogP contribution is -2.09. The molecular weight excluding hydrogens is 284 g/mol. The molecule has 0 amide bonds. The second-order valence-electron chi connectivity index (χ2n) is 4.11. The summed E-state index contributed by atoms with van der Waals surface area (Å²) in [7, 11) is -3.51. The average Bonchev–Trinajstić information content (AvgIpc) is 2.38. The molecule has 2 aromatic carbocycles. The van der Waals surface area contributed by atoms with Crippen LogP contribution in [-0.4, -0.2) is 20.5 Å². The van der Waals surface area contributed by atoms with Crippen LogP contribution < -0.4 is 0 Å². The first-order valence-corrected chi connectivity index (χ1v) is 7.76. The maximum absolute atomic E-state index is 12.3. The van der Waals surface area contributed by atoms with Gasteiger partial charge < -0.3 is 0 Å². The summed E-state index contributed by atoms with van der Waals surface area (Å²) in [5.74, 6) is -0.335. The van der Waals surface area contributed by atoms with Gasteiger partial charge in [0.1, 0.15) is 0 Å². The minimum atomic E-state index is -3.51. The van der Waals surface area contributed by atoms with Gasteiger partial charge in [-0.1, -0.05) is 41.9 Å². The molecule has 0 saturated heterocycles. The van der Waals surface area contributed by atoms with Crippen LogP contribution in [0, 0.1) is 0 Å². The van der Waals surface area contributed by atoms with E-state index in [-0.39, 0.29) is 21.3 Å². The van der Waals surface area contributed by atoms with Gasteiger partial charge in [0.05, 0.1) is 4.90 Å². The molecule has 0 radical (unpaired) electrons. The van der Waals surface area contributed by atoms with E-state index in [2.05, 4.69) is 0 Å². The molecule has 5 heteroatoms. The van der Waals surface area contributed by atoms with E-state index in [9.17, 15) is 13.2 Å². The summed E-state index contributed by atoms with van der Waals surface area (Å²) in [5.41, 5.74) is 0.577. The Morgan fingerprint density at radius 1 is 1.05 bits per heavy atom. The number of halogens is 1. The maximum Gasteiger partial charge on any atom is 0.194 e. The number of carbonyl (C=O) groups is 1. The van der Waals surface area contributed by atoms with Gasteiger partial charge >= 0.3 is 0 Å². The Morgan fingerprint density at radius 2 is 1.68 bits per heavy atom. The molecule has 0 heterocycles. The number of ketones is 1. The summed E-state index contributed by atoms with van der Waals surface area (Å²) in [6, 6.07) is 12.8. The number of hydrogen-bond acceptors (Lipinski definition) is 3. The quantitative estimate of drug-likeness (QED) is 0.818. The molecule has 0 aliphatic carbocycles. The fraction of sp³-hybridized carbons (Fsp3) is 0.0714. The van der Waals surface area contributed by atoms with Crippen molar-refractivity contribution in [1.29, 1.82) is 0 Å². The van der Waals surface area contributed by atoms with Crippen LogP contribution >= 0.6 is 11.6 Å². The monoisotopic (exact) mass is 294 g/mol. The number of sulfone groups is 1. The zero-order valence-electron chi connectivity index (χ0n) is 10.1. The van der Waals surface area contributed by atoms with Crippen molar-refractivity contribution in [3.8, 4) is 0 Å². The van der Waals surface area contributed by atoms with E-state index < -0.39 is 9.84 Å². The highest BCUT2D eigenvalue weighted by Gasteiger charge is 2.20. The second kappa shape index (κ2) is 5.15. The zero-order chi connectivity index (χ0) is 14.0. The van der Waals surface area contributed by atoms with Gasteiger partial charge in [0.2, 0.25) is 0 Å². The average molecular weight is 295 g/mol. The highest BCUT2D eigenvalue weighted by molar-refractivity contribution is 7.90. The fourth-order valence-electron chi connectivity index (χ4n) is 1.74. The van der Waals surface area contributed by atoms with Crippen molar-refractivity contribution >= 4 is 27.2 Å². The van der Waals surface area contributed by atoms with Gasteiger partial charge in [-0.3, -0.25) is 4.79 Å². The second-order valence-corrected chi connectivity index (χ2v) is 6.53. The van der Waals surface area contributed by atoms with E-state index in [1.807, 2.05) is 0 Å². The van der Waals surface area contributed by atoms with Gasteiger partial charge in [-0.05, 0) is 18.2 Å². The van der Waals surface area contributed by atoms with Crippen molar-refractivity contribution in [3.63, 3.8) is 0 Å². The Hall–Kier alpha value is -1.65. The summed E-state index contributed by atoms with van der Waals surface area (Å²) in [6.45, 7) is 0. The van der Waals surface area contributed by atoms with Crippen LogP contribution in [0.5, 0.6) is 0 Å². The summed E-state index contributed by atoms with van der Waals surface area (Å²) in [5, 5.41) is 0.282. The van der Waals surface area contributed by atoms with Crippen LogP contribution in [0.1, 0.15) is 15.9 Å². The lowest BCUT2D eigenvalue weighted by molar-refractivity contribution is 0.103. The highest BCUT2D eigenvalue weighted by atomic mass is 35.5. The van der Waals surface area contributed by atoms with E-state index in [0.29, 0.717) is 5.56 Å². The number of rotatable bonds is 3. The molecule has 0 N–H and O–H groups in total. The third-order valence-corrected chi connectivity index (χ3v) is 4.00. The molecule has 0 spiro atoms. The van der Waals surface area contributed by atoms with Crippen LogP contribution in [0.15, 0.2) is 53.4 Å². The van der Waals surface area contributed by atoms with E-state index in [1.54, 1.807) is 30.3 Å². The summed E-state index contributed by atoms with van der Waals surface area (Å²) < 4.78 is 23.5. The van der Waals surface area contributed by atoms with Gasteiger partial charge in [-0.15, -0.1) is 0 Å². The topological polar surface area (TPSA) is 51.2 Å². The standard InChI is InChI=1S/C14H11ClO3S/c1-19(17,18)13-9-11(15)7-8-12(13)14(16)10-5-3-2-4-6-10/h2-9H,1H3. The fourth-order valence-corrected chi connectivity index (χ4v) is 2.87. The lowest BCUT2D eigenvalue weighted by Gasteiger charge is -2.07. The van der Waals surface area contributed by atoms with Crippen molar-refractivity contribution in [3.05, 3.63) is 64.7 Å². The third-order valence-electron chi connectivity index (χ3n) is 2.62. The first kappa shape index (κ1) is 13.8. The van der Waals surface area contributed by atoms with Crippen LogP contribution in [0.25, 0.3) is 0 Å². The van der Waals surface area contributed by atoms with E-state index in [0.717, 1.165) is 6.26 Å². The first-order valence-electron chi connectivity index (χ1n) is 5.49. The highest BCUT2D eigenvalue weighted by Crippen LogP contribution is 2.23. The van der Waals surface area contributed by atoms with Crippen LogP contribution in [0.2, 0.25) is 5.02 Å². The molecule has 19 heavy (non-hydrogen) atoms. The van der Waals surface area contributed by atoms with Crippen molar-refractivity contribution in [2.75, 3.05) is 6.26 Å². The normalized spacial score (nSPS) is 11.3. The predicted octanol–water partition coefficient (Wildman–Crippen LogP) is 2.97. The Kier molecular flexibility index (Phi) is 3.73. The predicted molar refractivity (Wildman–Crippen MR) is 74.4 cm³/mol. The molecule has 3 nitrogen and oxygen atoms in total. The van der Waals surface area contributed by atoms with Gasteiger partial charge in [-0.25, -0.2) is 8.42 Å².